The lowest BCUT2D eigenvalue weighted by Crippen LogP contribution is -2.52. The van der Waals surface area contributed by atoms with Crippen LogP contribution in [0.15, 0.2) is 54.6 Å². The van der Waals surface area contributed by atoms with E-state index in [4.69, 9.17) is 9.47 Å². The number of benzene rings is 2. The summed E-state index contributed by atoms with van der Waals surface area (Å²) < 4.78 is 12.2. The number of hydrogen-bond donors (Lipinski definition) is 2. The topological polar surface area (TPSA) is 79.2 Å². The van der Waals surface area contributed by atoms with Crippen molar-refractivity contribution < 1.29 is 24.5 Å². The minimum absolute atomic E-state index is 0.264. The molecule has 4 rings (SSSR count). The number of aliphatic hydroxyl groups excluding tert-OH is 1. The molecule has 1 unspecified atom stereocenters. The molecule has 0 radical (unpaired) electrons. The van der Waals surface area contributed by atoms with E-state index in [2.05, 4.69) is 6.08 Å². The smallest absolute Gasteiger partial charge is 0.335 e. The number of rotatable bonds is 4. The number of ether oxygens (including phenoxy) is 2. The van der Waals surface area contributed by atoms with E-state index >= 15 is 0 Å². The number of fused-ring (bicyclic) bond motifs is 1. The van der Waals surface area contributed by atoms with E-state index < -0.39 is 23.6 Å². The number of carboxylic acids is 1. The minimum Gasteiger partial charge on any atom is -0.482 e. The van der Waals surface area contributed by atoms with Gasteiger partial charge in [0.15, 0.2) is 0 Å². The predicted molar refractivity (Wildman–Crippen MR) is 118 cm³/mol. The van der Waals surface area contributed by atoms with Crippen LogP contribution in [0.2, 0.25) is 0 Å². The molecule has 0 aliphatic carbocycles. The lowest BCUT2D eigenvalue weighted by Gasteiger charge is -2.44. The van der Waals surface area contributed by atoms with Crippen LogP contribution >= 0.6 is 0 Å². The number of piperidine rings is 1. The maximum absolute atomic E-state index is 11.2. The highest BCUT2D eigenvalue weighted by Crippen LogP contribution is 2.43. The summed E-state index contributed by atoms with van der Waals surface area (Å²) in [6.45, 7) is 7.05. The molecule has 6 nitrogen and oxygen atoms in total. The van der Waals surface area contributed by atoms with Crippen molar-refractivity contribution in [2.24, 2.45) is 0 Å². The summed E-state index contributed by atoms with van der Waals surface area (Å²) in [5, 5.41) is 19.7. The van der Waals surface area contributed by atoms with Crippen LogP contribution < -0.4 is 4.74 Å². The molecule has 1 saturated heterocycles. The number of carboxylic acid groups (broad SMARTS) is 1. The molecular formula is C25H29NO5. The van der Waals surface area contributed by atoms with Gasteiger partial charge >= 0.3 is 5.97 Å². The molecule has 0 aromatic heterocycles. The lowest BCUT2D eigenvalue weighted by molar-refractivity contribution is -0.246. The van der Waals surface area contributed by atoms with Crippen LogP contribution in [-0.2, 0) is 4.74 Å². The van der Waals surface area contributed by atoms with Crippen molar-refractivity contribution in [1.29, 1.82) is 0 Å². The van der Waals surface area contributed by atoms with E-state index in [0.29, 0.717) is 25.9 Å². The normalized spacial score (nSPS) is 19.3. The Labute approximate surface area is 182 Å². The summed E-state index contributed by atoms with van der Waals surface area (Å²) in [4.78, 5) is 13.2. The van der Waals surface area contributed by atoms with Gasteiger partial charge in [-0.2, -0.15) is 0 Å². The lowest BCUT2D eigenvalue weighted by atomic mass is 9.83. The van der Waals surface area contributed by atoms with E-state index in [1.54, 1.807) is 12.1 Å². The zero-order chi connectivity index (χ0) is 22.2. The zero-order valence-corrected chi connectivity index (χ0v) is 18.2. The largest absolute Gasteiger partial charge is 0.482 e. The second-order valence-electron chi connectivity index (χ2n) is 9.20. The van der Waals surface area contributed by atoms with Crippen molar-refractivity contribution >= 4 is 11.5 Å². The summed E-state index contributed by atoms with van der Waals surface area (Å²) in [5.74, 6) is -0.116. The van der Waals surface area contributed by atoms with Gasteiger partial charge in [0.25, 0.3) is 0 Å². The van der Waals surface area contributed by atoms with Gasteiger partial charge in [0.2, 0.25) is 6.41 Å². The Balaban J connectivity index is 1.61. The number of aliphatic hydroxyl groups is 1. The van der Waals surface area contributed by atoms with E-state index in [1.165, 1.54) is 0 Å². The van der Waals surface area contributed by atoms with Crippen LogP contribution in [0.3, 0.4) is 0 Å². The molecule has 164 valence electrons. The van der Waals surface area contributed by atoms with Crippen molar-refractivity contribution in [2.45, 2.75) is 51.2 Å². The molecule has 2 aliphatic rings. The third kappa shape index (κ3) is 4.66. The van der Waals surface area contributed by atoms with Gasteiger partial charge in [0.05, 0.1) is 11.2 Å². The summed E-state index contributed by atoms with van der Waals surface area (Å²) in [6, 6.07) is 14.9. The summed E-state index contributed by atoms with van der Waals surface area (Å²) in [5.41, 5.74) is 2.35. The second kappa shape index (κ2) is 8.11. The third-order valence-corrected chi connectivity index (χ3v) is 5.76. The highest BCUT2D eigenvalue weighted by Gasteiger charge is 2.40. The fourth-order valence-electron chi connectivity index (χ4n) is 4.16. The van der Waals surface area contributed by atoms with Gasteiger partial charge in [-0.25, -0.2) is 4.79 Å². The first-order chi connectivity index (χ1) is 14.7. The van der Waals surface area contributed by atoms with Gasteiger partial charge in [-0.05, 0) is 56.2 Å². The van der Waals surface area contributed by atoms with Gasteiger partial charge in [-0.15, -0.1) is 0 Å². The van der Waals surface area contributed by atoms with Crippen LogP contribution in [-0.4, -0.2) is 51.8 Å². The molecule has 31 heavy (non-hydrogen) atoms. The molecule has 1 spiro atoms. The maximum Gasteiger partial charge on any atom is 0.335 e. The molecule has 6 heteroatoms. The van der Waals surface area contributed by atoms with Gasteiger partial charge in [0, 0.05) is 31.5 Å². The molecule has 2 N–H and O–H groups in total. The first-order valence-electron chi connectivity index (χ1n) is 10.6. The van der Waals surface area contributed by atoms with Crippen LogP contribution in [0.4, 0.5) is 0 Å². The Bertz CT molecular complexity index is 982. The third-order valence-electron chi connectivity index (χ3n) is 5.76. The highest BCUT2D eigenvalue weighted by molar-refractivity contribution is 5.90. The van der Waals surface area contributed by atoms with E-state index in [0.717, 1.165) is 22.4 Å². The number of aromatic carboxylic acids is 1. The van der Waals surface area contributed by atoms with E-state index in [1.807, 2.05) is 62.1 Å². The van der Waals surface area contributed by atoms with Crippen molar-refractivity contribution in [1.82, 2.24) is 4.90 Å². The molecule has 0 saturated carbocycles. The molecule has 2 aromatic carbocycles. The number of hydrogen-bond acceptors (Lipinski definition) is 5. The van der Waals surface area contributed by atoms with Crippen molar-refractivity contribution in [3.05, 3.63) is 71.3 Å². The second-order valence-corrected chi connectivity index (χ2v) is 9.20. The molecule has 2 heterocycles. The average Bonchev–Trinajstić information content (AvgIpc) is 2.72. The number of likely N-dealkylation sites (tertiary alicyclic amines) is 1. The number of carbonyl (C=O) groups is 1. The van der Waals surface area contributed by atoms with E-state index in [-0.39, 0.29) is 5.56 Å². The molecule has 2 aromatic rings. The van der Waals surface area contributed by atoms with E-state index in [9.17, 15) is 15.0 Å². The molecular weight excluding hydrogens is 394 g/mol. The van der Waals surface area contributed by atoms with Crippen molar-refractivity contribution in [2.75, 3.05) is 13.1 Å². The molecule has 0 amide bonds. The van der Waals surface area contributed by atoms with Crippen LogP contribution in [0.1, 0.15) is 55.1 Å². The Hall–Kier alpha value is -2.67. The Morgan fingerprint density at radius 3 is 2.35 bits per heavy atom. The molecule has 1 fully saturated rings. The zero-order valence-electron chi connectivity index (χ0n) is 18.2. The average molecular weight is 424 g/mol. The van der Waals surface area contributed by atoms with Crippen LogP contribution in [0, 0.1) is 0 Å². The fourth-order valence-corrected chi connectivity index (χ4v) is 4.16. The highest BCUT2D eigenvalue weighted by atomic mass is 16.6. The van der Waals surface area contributed by atoms with Crippen molar-refractivity contribution in [3.63, 3.8) is 0 Å². The predicted octanol–water partition coefficient (Wildman–Crippen LogP) is 4.13. The number of para-hydroxylation sites is 1. The van der Waals surface area contributed by atoms with Crippen molar-refractivity contribution in [3.8, 4) is 5.75 Å². The van der Waals surface area contributed by atoms with Crippen LogP contribution in [0.25, 0.3) is 5.57 Å². The summed E-state index contributed by atoms with van der Waals surface area (Å²) in [7, 11) is 0. The fraction of sp³-hybridized carbons (Fsp3) is 0.400. The first kappa shape index (κ1) is 21.6. The van der Waals surface area contributed by atoms with Gasteiger partial charge in [-0.3, -0.25) is 4.90 Å². The monoisotopic (exact) mass is 423 g/mol. The van der Waals surface area contributed by atoms with Gasteiger partial charge < -0.3 is 19.7 Å². The SMILES string of the molecule is CC(C)(C)OC(O)N1CCC2(C=C(c3ccc(C(=O)O)cc3)c3ccccc3O2)CC1. The molecule has 1 atom stereocenters. The minimum atomic E-state index is -0.944. The van der Waals surface area contributed by atoms with Gasteiger partial charge in [0.1, 0.15) is 11.4 Å². The Morgan fingerprint density at radius 1 is 1.10 bits per heavy atom. The quantitative estimate of drug-likeness (QED) is 0.720. The summed E-state index contributed by atoms with van der Waals surface area (Å²) >= 11 is 0. The summed E-state index contributed by atoms with van der Waals surface area (Å²) in [6.07, 6.45) is 2.64. The number of nitrogens with zero attached hydrogens (tertiary/aromatic N) is 1. The standard InChI is InChI=1S/C25H29NO5/c1-24(2,3)31-23(29)26-14-12-25(13-15-26)16-20(19-6-4-5-7-21(19)30-25)17-8-10-18(11-9-17)22(27)28/h4-11,16,23,29H,12-15H2,1-3H3,(H,27,28). The van der Waals surface area contributed by atoms with Gasteiger partial charge in [-0.1, -0.05) is 30.3 Å². The molecule has 0 bridgehead atoms. The van der Waals surface area contributed by atoms with Crippen LogP contribution in [0.5, 0.6) is 5.75 Å². The molecule has 2 aliphatic heterocycles. The first-order valence-corrected chi connectivity index (χ1v) is 10.6. The Morgan fingerprint density at radius 2 is 1.74 bits per heavy atom. The Kier molecular flexibility index (Phi) is 5.64. The maximum atomic E-state index is 11.2.